The highest BCUT2D eigenvalue weighted by atomic mass is 79.9. The lowest BCUT2D eigenvalue weighted by molar-refractivity contribution is 0.160. The Balaban J connectivity index is 3.09. The maximum atomic E-state index is 12.7. The minimum absolute atomic E-state index is 0.00218. The van der Waals surface area contributed by atoms with Gasteiger partial charge in [0.25, 0.3) is 0 Å². The Hall–Kier alpha value is -0.650. The highest BCUT2D eigenvalue weighted by Crippen LogP contribution is 2.28. The van der Waals surface area contributed by atoms with Crippen molar-refractivity contribution in [3.8, 4) is 5.75 Å². The first-order valence-electron chi connectivity index (χ1n) is 3.19. The van der Waals surface area contributed by atoms with Crippen LogP contribution in [0.2, 0.25) is 0 Å². The van der Waals surface area contributed by atoms with E-state index < -0.39 is 5.82 Å². The second-order valence-corrected chi connectivity index (χ2v) is 3.08. The monoisotopic (exact) mass is 235 g/mol. The van der Waals surface area contributed by atoms with Crippen molar-refractivity contribution in [3.63, 3.8) is 0 Å². The maximum absolute atomic E-state index is 12.7. The summed E-state index contributed by atoms with van der Waals surface area (Å²) in [6.45, 7) is 0.00218. The SMILES string of the molecule is ONCc1cc(F)cc(Br)c1O. The van der Waals surface area contributed by atoms with Crippen molar-refractivity contribution in [2.24, 2.45) is 0 Å². The summed E-state index contributed by atoms with van der Waals surface area (Å²) in [6.07, 6.45) is 0. The molecule has 0 heterocycles. The molecule has 0 fully saturated rings. The van der Waals surface area contributed by atoms with Gasteiger partial charge in [0.2, 0.25) is 0 Å². The van der Waals surface area contributed by atoms with Crippen molar-refractivity contribution in [1.29, 1.82) is 0 Å². The second-order valence-electron chi connectivity index (χ2n) is 2.23. The normalized spacial score (nSPS) is 10.2. The van der Waals surface area contributed by atoms with Crippen LogP contribution in [0.15, 0.2) is 16.6 Å². The van der Waals surface area contributed by atoms with Gasteiger partial charge in [-0.3, -0.25) is 0 Å². The largest absolute Gasteiger partial charge is 0.506 e. The standard InChI is InChI=1S/C7H7BrFNO2/c8-6-2-5(9)1-4(3-10-12)7(6)11/h1-2,10-12H,3H2. The number of phenolic OH excluding ortho intramolecular Hbond substituents is 1. The minimum Gasteiger partial charge on any atom is -0.506 e. The molecule has 0 amide bonds. The van der Waals surface area contributed by atoms with Gasteiger partial charge in [-0.25, -0.2) is 9.87 Å². The van der Waals surface area contributed by atoms with E-state index >= 15 is 0 Å². The van der Waals surface area contributed by atoms with Crippen molar-refractivity contribution in [3.05, 3.63) is 28.0 Å². The molecular formula is C7H7BrFNO2. The molecule has 0 radical (unpaired) electrons. The van der Waals surface area contributed by atoms with Gasteiger partial charge in [-0.2, -0.15) is 0 Å². The van der Waals surface area contributed by atoms with Crippen LogP contribution in [0.1, 0.15) is 5.56 Å². The van der Waals surface area contributed by atoms with E-state index in [1.54, 1.807) is 0 Å². The van der Waals surface area contributed by atoms with Crippen molar-refractivity contribution in [2.75, 3.05) is 0 Å². The van der Waals surface area contributed by atoms with E-state index in [9.17, 15) is 9.50 Å². The van der Waals surface area contributed by atoms with Crippen molar-refractivity contribution in [1.82, 2.24) is 5.48 Å². The first-order valence-corrected chi connectivity index (χ1v) is 3.98. The van der Waals surface area contributed by atoms with Gasteiger partial charge in [0.15, 0.2) is 0 Å². The molecular weight excluding hydrogens is 229 g/mol. The summed E-state index contributed by atoms with van der Waals surface area (Å²) in [4.78, 5) is 0. The molecule has 5 heteroatoms. The predicted molar refractivity (Wildman–Crippen MR) is 44.4 cm³/mol. The second kappa shape index (κ2) is 3.84. The molecule has 0 bridgehead atoms. The number of nitrogens with one attached hydrogen (secondary N) is 1. The number of phenols is 1. The van der Waals surface area contributed by atoms with Crippen LogP contribution in [0.3, 0.4) is 0 Å². The number of hydroxylamine groups is 1. The lowest BCUT2D eigenvalue weighted by Crippen LogP contribution is -2.06. The zero-order valence-corrected chi connectivity index (χ0v) is 7.60. The van der Waals surface area contributed by atoms with Gasteiger partial charge in [-0.15, -0.1) is 0 Å². The fourth-order valence-electron chi connectivity index (χ4n) is 0.839. The molecule has 12 heavy (non-hydrogen) atoms. The van der Waals surface area contributed by atoms with Crippen LogP contribution < -0.4 is 5.48 Å². The molecule has 0 atom stereocenters. The minimum atomic E-state index is -0.468. The van der Waals surface area contributed by atoms with Crippen LogP contribution in [0.4, 0.5) is 4.39 Å². The Bertz CT molecular complexity index is 293. The summed E-state index contributed by atoms with van der Waals surface area (Å²) in [5.41, 5.74) is 2.13. The summed E-state index contributed by atoms with van der Waals surface area (Å²) in [5, 5.41) is 17.6. The van der Waals surface area contributed by atoms with Crippen LogP contribution in [-0.2, 0) is 6.54 Å². The number of rotatable bonds is 2. The highest BCUT2D eigenvalue weighted by Gasteiger charge is 2.06. The van der Waals surface area contributed by atoms with Crippen molar-refractivity contribution in [2.45, 2.75) is 6.54 Å². The van der Waals surface area contributed by atoms with E-state index in [1.807, 2.05) is 5.48 Å². The summed E-state index contributed by atoms with van der Waals surface area (Å²) in [6, 6.07) is 2.29. The molecule has 0 aliphatic heterocycles. The maximum Gasteiger partial charge on any atom is 0.134 e. The number of halogens is 2. The third kappa shape index (κ3) is 1.94. The first kappa shape index (κ1) is 9.44. The van der Waals surface area contributed by atoms with Crippen molar-refractivity contribution >= 4 is 15.9 Å². The third-order valence-corrected chi connectivity index (χ3v) is 1.98. The zero-order valence-electron chi connectivity index (χ0n) is 6.01. The van der Waals surface area contributed by atoms with Crippen LogP contribution in [0.25, 0.3) is 0 Å². The van der Waals surface area contributed by atoms with Gasteiger partial charge in [0, 0.05) is 12.1 Å². The Morgan fingerprint density at radius 1 is 1.50 bits per heavy atom. The molecule has 0 aliphatic rings. The van der Waals surface area contributed by atoms with Gasteiger partial charge in [-0.1, -0.05) is 0 Å². The zero-order chi connectivity index (χ0) is 9.14. The smallest absolute Gasteiger partial charge is 0.134 e. The predicted octanol–water partition coefficient (Wildman–Crippen LogP) is 1.77. The van der Waals surface area contributed by atoms with Crippen LogP contribution in [-0.4, -0.2) is 10.3 Å². The molecule has 0 unspecified atom stereocenters. The van der Waals surface area contributed by atoms with Gasteiger partial charge in [-0.05, 0) is 28.1 Å². The molecule has 0 spiro atoms. The molecule has 66 valence electrons. The van der Waals surface area contributed by atoms with Gasteiger partial charge < -0.3 is 10.3 Å². The molecule has 3 N–H and O–H groups in total. The number of hydrogen-bond donors (Lipinski definition) is 3. The Kier molecular flexibility index (Phi) is 3.02. The van der Waals surface area contributed by atoms with E-state index in [0.717, 1.165) is 12.1 Å². The quantitative estimate of drug-likeness (QED) is 0.686. The lowest BCUT2D eigenvalue weighted by atomic mass is 10.2. The third-order valence-electron chi connectivity index (χ3n) is 1.38. The number of hydrogen-bond acceptors (Lipinski definition) is 3. The molecule has 1 aromatic rings. The first-order chi connectivity index (χ1) is 5.65. The fourth-order valence-corrected chi connectivity index (χ4v) is 1.31. The summed E-state index contributed by atoms with van der Waals surface area (Å²) in [7, 11) is 0. The summed E-state index contributed by atoms with van der Waals surface area (Å²) in [5.74, 6) is -0.539. The summed E-state index contributed by atoms with van der Waals surface area (Å²) >= 11 is 2.97. The van der Waals surface area contributed by atoms with Gasteiger partial charge >= 0.3 is 0 Å². The van der Waals surface area contributed by atoms with E-state index in [2.05, 4.69) is 15.9 Å². The summed E-state index contributed by atoms with van der Waals surface area (Å²) < 4.78 is 13.0. The molecule has 0 saturated heterocycles. The lowest BCUT2D eigenvalue weighted by Gasteiger charge is -2.04. The molecule has 0 aliphatic carbocycles. The van der Waals surface area contributed by atoms with Gasteiger partial charge in [0.1, 0.15) is 11.6 Å². The van der Waals surface area contributed by atoms with Crippen molar-refractivity contribution < 1.29 is 14.7 Å². The number of aromatic hydroxyl groups is 1. The van der Waals surface area contributed by atoms with Crippen LogP contribution in [0.5, 0.6) is 5.75 Å². The molecule has 3 nitrogen and oxygen atoms in total. The Labute approximate surface area is 76.9 Å². The topological polar surface area (TPSA) is 52.5 Å². The Morgan fingerprint density at radius 2 is 2.17 bits per heavy atom. The average molecular weight is 236 g/mol. The molecule has 1 aromatic carbocycles. The highest BCUT2D eigenvalue weighted by molar-refractivity contribution is 9.10. The van der Waals surface area contributed by atoms with E-state index in [4.69, 9.17) is 5.21 Å². The molecule has 1 rings (SSSR count). The van der Waals surface area contributed by atoms with E-state index in [1.165, 1.54) is 0 Å². The fraction of sp³-hybridized carbons (Fsp3) is 0.143. The van der Waals surface area contributed by atoms with E-state index in [-0.39, 0.29) is 16.8 Å². The van der Waals surface area contributed by atoms with Gasteiger partial charge in [0.05, 0.1) is 4.47 Å². The Morgan fingerprint density at radius 3 is 2.75 bits per heavy atom. The van der Waals surface area contributed by atoms with Crippen LogP contribution >= 0.6 is 15.9 Å². The van der Waals surface area contributed by atoms with E-state index in [0.29, 0.717) is 5.56 Å². The molecule has 0 saturated carbocycles. The van der Waals surface area contributed by atoms with Crippen LogP contribution in [0, 0.1) is 5.82 Å². The number of benzene rings is 1. The average Bonchev–Trinajstić information content (AvgIpc) is 2.00. The molecule has 0 aromatic heterocycles.